The van der Waals surface area contributed by atoms with Crippen LogP contribution >= 0.6 is 0 Å². The summed E-state index contributed by atoms with van der Waals surface area (Å²) < 4.78 is 0. The minimum atomic E-state index is 0.579. The van der Waals surface area contributed by atoms with Gasteiger partial charge in [0.25, 0.3) is 0 Å². The normalized spacial score (nSPS) is 18.2. The van der Waals surface area contributed by atoms with E-state index in [9.17, 15) is 0 Å². The average molecular weight is 348 g/mol. The number of piperidine rings is 1. The summed E-state index contributed by atoms with van der Waals surface area (Å²) in [5, 5.41) is 0. The highest BCUT2D eigenvalue weighted by Crippen LogP contribution is 2.41. The van der Waals surface area contributed by atoms with Crippen molar-refractivity contribution in [1.82, 2.24) is 9.97 Å². The summed E-state index contributed by atoms with van der Waals surface area (Å²) in [7, 11) is 0. The lowest BCUT2D eigenvalue weighted by molar-refractivity contribution is 0.494. The van der Waals surface area contributed by atoms with Crippen LogP contribution in [-0.2, 0) is 0 Å². The molecule has 0 atom stereocenters. The molecule has 1 saturated carbocycles. The maximum absolute atomic E-state index is 4.88. The van der Waals surface area contributed by atoms with E-state index >= 15 is 0 Å². The largest absolute Gasteiger partial charge is 0.371 e. The van der Waals surface area contributed by atoms with Crippen molar-refractivity contribution in [3.05, 3.63) is 58.7 Å². The molecule has 1 saturated heterocycles. The quantitative estimate of drug-likeness (QED) is 0.751. The maximum Gasteiger partial charge on any atom is 0.0476 e. The predicted molar refractivity (Wildman–Crippen MR) is 109 cm³/mol. The van der Waals surface area contributed by atoms with Gasteiger partial charge in [0.2, 0.25) is 0 Å². The molecule has 3 heterocycles. The maximum atomic E-state index is 4.88. The van der Waals surface area contributed by atoms with Crippen molar-refractivity contribution in [1.29, 1.82) is 0 Å². The van der Waals surface area contributed by atoms with Gasteiger partial charge in [-0.15, -0.1) is 0 Å². The van der Waals surface area contributed by atoms with E-state index in [1.165, 1.54) is 40.9 Å². The van der Waals surface area contributed by atoms with Gasteiger partial charge in [-0.1, -0.05) is 18.7 Å². The van der Waals surface area contributed by atoms with E-state index < -0.39 is 0 Å². The molecule has 2 aliphatic rings. The van der Waals surface area contributed by atoms with Crippen LogP contribution in [0.4, 0.5) is 5.69 Å². The summed E-state index contributed by atoms with van der Waals surface area (Å²) in [5.74, 6) is 1.36. The van der Waals surface area contributed by atoms with E-state index in [1.807, 2.05) is 6.08 Å². The molecule has 4 rings (SSSR count). The van der Waals surface area contributed by atoms with Gasteiger partial charge in [0.1, 0.15) is 0 Å². The third-order valence-electron chi connectivity index (χ3n) is 5.97. The zero-order valence-electron chi connectivity index (χ0n) is 16.3. The molecule has 1 aliphatic heterocycles. The van der Waals surface area contributed by atoms with Gasteiger partial charge in [0.15, 0.2) is 0 Å². The first kappa shape index (κ1) is 17.3. The van der Waals surface area contributed by atoms with Gasteiger partial charge in [-0.05, 0) is 69.6 Å². The Morgan fingerprint density at radius 2 is 1.77 bits per heavy atom. The molecule has 0 aromatic carbocycles. The fraction of sp³-hybridized carbons (Fsp3) is 0.478. The minimum absolute atomic E-state index is 0.579. The van der Waals surface area contributed by atoms with Crippen LogP contribution in [0.15, 0.2) is 24.9 Å². The summed E-state index contributed by atoms with van der Waals surface area (Å²) >= 11 is 0. The number of nitrogens with zero attached hydrogens (tertiary/aromatic N) is 3. The Hall–Kier alpha value is -2.16. The van der Waals surface area contributed by atoms with Crippen LogP contribution in [0.2, 0.25) is 0 Å². The van der Waals surface area contributed by atoms with Crippen molar-refractivity contribution in [2.24, 2.45) is 0 Å². The van der Waals surface area contributed by atoms with Crippen LogP contribution in [0.25, 0.3) is 6.08 Å². The second-order valence-electron chi connectivity index (χ2n) is 7.99. The number of hydrogen-bond donors (Lipinski definition) is 0. The third-order valence-corrected chi connectivity index (χ3v) is 5.97. The van der Waals surface area contributed by atoms with Gasteiger partial charge in [0, 0.05) is 53.5 Å². The molecule has 0 bridgehead atoms. The Morgan fingerprint density at radius 3 is 2.38 bits per heavy atom. The Labute approximate surface area is 157 Å². The van der Waals surface area contributed by atoms with Gasteiger partial charge >= 0.3 is 0 Å². The lowest BCUT2D eigenvalue weighted by atomic mass is 9.89. The Bertz CT molecular complexity index is 828. The fourth-order valence-electron chi connectivity index (χ4n) is 4.40. The van der Waals surface area contributed by atoms with Crippen LogP contribution in [-0.4, -0.2) is 23.1 Å². The van der Waals surface area contributed by atoms with Crippen molar-refractivity contribution in [2.75, 3.05) is 18.0 Å². The smallest absolute Gasteiger partial charge is 0.0476 e. The number of aryl methyl sites for hydroxylation is 3. The second-order valence-corrected chi connectivity index (χ2v) is 7.99. The van der Waals surface area contributed by atoms with Crippen LogP contribution in [0.5, 0.6) is 0 Å². The summed E-state index contributed by atoms with van der Waals surface area (Å²) in [6, 6.07) is 4.59. The van der Waals surface area contributed by atoms with Crippen LogP contribution in [0, 0.1) is 20.8 Å². The molecule has 0 spiro atoms. The molecule has 1 aliphatic carbocycles. The summed E-state index contributed by atoms with van der Waals surface area (Å²) in [6.07, 6.45) is 9.09. The molecule has 0 unspecified atom stereocenters. The Morgan fingerprint density at radius 1 is 1.04 bits per heavy atom. The third kappa shape index (κ3) is 3.27. The molecule has 0 amide bonds. The highest BCUT2D eigenvalue weighted by molar-refractivity contribution is 5.69. The lowest BCUT2D eigenvalue weighted by Gasteiger charge is -2.35. The zero-order valence-corrected chi connectivity index (χ0v) is 16.3. The first-order valence-electron chi connectivity index (χ1n) is 9.89. The first-order chi connectivity index (χ1) is 12.6. The fourth-order valence-corrected chi connectivity index (χ4v) is 4.40. The van der Waals surface area contributed by atoms with Crippen molar-refractivity contribution in [3.8, 4) is 0 Å². The van der Waals surface area contributed by atoms with Crippen LogP contribution in [0.1, 0.15) is 71.3 Å². The van der Waals surface area contributed by atoms with E-state index in [0.29, 0.717) is 5.92 Å². The molecule has 26 heavy (non-hydrogen) atoms. The molecule has 0 N–H and O–H groups in total. The Kier molecular flexibility index (Phi) is 4.56. The summed E-state index contributed by atoms with van der Waals surface area (Å²) in [6.45, 7) is 12.5. The van der Waals surface area contributed by atoms with Crippen LogP contribution < -0.4 is 4.90 Å². The Balaban J connectivity index is 1.50. The molecule has 2 fully saturated rings. The standard InChI is InChI=1S/C23H29N3/c1-5-21-17(4)25-16(3)13-22(21)26-10-8-19(9-11-26)23-15(2)12-20(14-24-23)18-6-7-18/h5,12-14,18-19H,1,6-11H2,2-4H3. The first-order valence-corrected chi connectivity index (χ1v) is 9.89. The molecule has 2 aromatic rings. The molecular weight excluding hydrogens is 318 g/mol. The van der Waals surface area contributed by atoms with E-state index in [0.717, 1.165) is 43.2 Å². The van der Waals surface area contributed by atoms with Crippen molar-refractivity contribution in [2.45, 2.75) is 58.3 Å². The lowest BCUT2D eigenvalue weighted by Crippen LogP contribution is -2.34. The van der Waals surface area contributed by atoms with E-state index in [-0.39, 0.29) is 0 Å². The molecule has 0 radical (unpaired) electrons. The molecular formula is C23H29N3. The number of pyridine rings is 2. The summed E-state index contributed by atoms with van der Waals surface area (Å²) in [5.41, 5.74) is 8.77. The highest BCUT2D eigenvalue weighted by Gasteiger charge is 2.27. The number of hydrogen-bond acceptors (Lipinski definition) is 3. The van der Waals surface area contributed by atoms with Crippen molar-refractivity contribution >= 4 is 11.8 Å². The monoisotopic (exact) mass is 347 g/mol. The molecule has 3 nitrogen and oxygen atoms in total. The number of aromatic nitrogens is 2. The van der Waals surface area contributed by atoms with Gasteiger partial charge < -0.3 is 4.90 Å². The van der Waals surface area contributed by atoms with Crippen LogP contribution in [0.3, 0.4) is 0 Å². The molecule has 3 heteroatoms. The second kappa shape index (κ2) is 6.86. The zero-order chi connectivity index (χ0) is 18.3. The van der Waals surface area contributed by atoms with Gasteiger partial charge in [-0.2, -0.15) is 0 Å². The minimum Gasteiger partial charge on any atom is -0.371 e. The SMILES string of the molecule is C=Cc1c(N2CCC(c3ncc(C4CC4)cc3C)CC2)cc(C)nc1C. The van der Waals surface area contributed by atoms with Gasteiger partial charge in [-0.3, -0.25) is 9.97 Å². The molecule has 2 aromatic heterocycles. The predicted octanol–water partition coefficient (Wildman–Crippen LogP) is 5.31. The van der Waals surface area contributed by atoms with Crippen molar-refractivity contribution < 1.29 is 0 Å². The molecule has 136 valence electrons. The van der Waals surface area contributed by atoms with E-state index in [1.54, 1.807) is 0 Å². The topological polar surface area (TPSA) is 29.0 Å². The number of anilines is 1. The van der Waals surface area contributed by atoms with E-state index in [2.05, 4.69) is 55.6 Å². The average Bonchev–Trinajstić information content (AvgIpc) is 3.46. The highest BCUT2D eigenvalue weighted by atomic mass is 15.1. The van der Waals surface area contributed by atoms with Gasteiger partial charge in [0.05, 0.1) is 0 Å². The van der Waals surface area contributed by atoms with Gasteiger partial charge in [-0.25, -0.2) is 0 Å². The van der Waals surface area contributed by atoms with Crippen molar-refractivity contribution in [3.63, 3.8) is 0 Å². The summed E-state index contributed by atoms with van der Waals surface area (Å²) in [4.78, 5) is 12.0. The van der Waals surface area contributed by atoms with E-state index in [4.69, 9.17) is 4.98 Å². The number of rotatable bonds is 4.